The Morgan fingerprint density at radius 1 is 0.833 bits per heavy atom. The SMILES string of the molecule is O=C(c1ccccc1Cl)n1cccccccc1. The predicted octanol–water partition coefficient (Wildman–Crippen LogP) is 3.95. The summed E-state index contributed by atoms with van der Waals surface area (Å²) >= 11 is 6.02. The Kier molecular flexibility index (Phi) is 4.15. The largest absolute Gasteiger partial charge is 0.291 e. The third-order valence-electron chi connectivity index (χ3n) is 2.39. The van der Waals surface area contributed by atoms with Crippen LogP contribution in [-0.4, -0.2) is 10.5 Å². The zero-order valence-corrected chi connectivity index (χ0v) is 10.4. The van der Waals surface area contributed by atoms with E-state index in [9.17, 15) is 4.79 Å². The first-order chi connectivity index (χ1) is 8.79. The minimum Gasteiger partial charge on any atom is -0.291 e. The number of nitrogens with zero attached hydrogens (tertiary/aromatic N) is 1. The number of rotatable bonds is 1. The molecule has 2 nitrogen and oxygen atoms in total. The number of aromatic nitrogens is 1. The lowest BCUT2D eigenvalue weighted by molar-refractivity contribution is 0.0959. The molecule has 0 spiro atoms. The summed E-state index contributed by atoms with van der Waals surface area (Å²) in [6, 6.07) is 18.1. The Labute approximate surface area is 111 Å². The van der Waals surface area contributed by atoms with Gasteiger partial charge in [-0.25, -0.2) is 0 Å². The van der Waals surface area contributed by atoms with Gasteiger partial charge in [0.1, 0.15) is 0 Å². The van der Waals surface area contributed by atoms with Gasteiger partial charge in [-0.15, -0.1) is 0 Å². The summed E-state index contributed by atoms with van der Waals surface area (Å²) in [6.07, 6.45) is 3.40. The second-order valence-electron chi connectivity index (χ2n) is 3.65. The first-order valence-corrected chi connectivity index (χ1v) is 5.92. The molecule has 1 aromatic carbocycles. The third-order valence-corrected chi connectivity index (χ3v) is 2.72. The topological polar surface area (TPSA) is 22.0 Å². The van der Waals surface area contributed by atoms with Crippen LogP contribution in [0.5, 0.6) is 0 Å². The smallest absolute Gasteiger partial charge is 0.263 e. The van der Waals surface area contributed by atoms with Crippen molar-refractivity contribution < 1.29 is 4.79 Å². The van der Waals surface area contributed by atoms with Gasteiger partial charge in [-0.2, -0.15) is 0 Å². The van der Waals surface area contributed by atoms with Crippen molar-refractivity contribution >= 4 is 17.5 Å². The number of benzene rings is 1. The van der Waals surface area contributed by atoms with Crippen molar-refractivity contribution in [3.05, 3.63) is 83.6 Å². The lowest BCUT2D eigenvalue weighted by atomic mass is 10.2. The van der Waals surface area contributed by atoms with Crippen LogP contribution in [0.3, 0.4) is 0 Å². The molecule has 1 heterocycles. The Balaban J connectivity index is 2.48. The highest BCUT2D eigenvalue weighted by molar-refractivity contribution is 6.33. The summed E-state index contributed by atoms with van der Waals surface area (Å²) in [6.45, 7) is 0. The normalized spacial score (nSPS) is 9.61. The van der Waals surface area contributed by atoms with Gasteiger partial charge in [-0.1, -0.05) is 48.0 Å². The van der Waals surface area contributed by atoms with Gasteiger partial charge in [0.25, 0.3) is 5.91 Å². The van der Waals surface area contributed by atoms with Crippen molar-refractivity contribution in [1.82, 2.24) is 4.57 Å². The van der Waals surface area contributed by atoms with Gasteiger partial charge in [0.05, 0.1) is 10.6 Å². The van der Waals surface area contributed by atoms with Crippen LogP contribution in [0, 0.1) is 0 Å². The van der Waals surface area contributed by atoms with Crippen molar-refractivity contribution in [3.8, 4) is 0 Å². The van der Waals surface area contributed by atoms with E-state index in [1.165, 1.54) is 4.57 Å². The maximum atomic E-state index is 12.3. The fourth-order valence-corrected chi connectivity index (χ4v) is 1.72. The fourth-order valence-electron chi connectivity index (χ4n) is 1.50. The molecule has 0 amide bonds. The number of carbonyl (C=O) groups excluding carboxylic acids is 1. The van der Waals surface area contributed by atoms with E-state index in [0.29, 0.717) is 10.6 Å². The Bertz CT molecular complexity index is 579. The minimum absolute atomic E-state index is 0.156. The molecule has 0 saturated carbocycles. The van der Waals surface area contributed by atoms with Gasteiger partial charge in [-0.05, 0) is 24.3 Å². The second-order valence-corrected chi connectivity index (χ2v) is 4.05. The van der Waals surface area contributed by atoms with E-state index in [2.05, 4.69) is 0 Å². The van der Waals surface area contributed by atoms with Crippen LogP contribution in [0.2, 0.25) is 5.02 Å². The Morgan fingerprint density at radius 2 is 1.39 bits per heavy atom. The standard InChI is InChI=1S/C15H12ClNO/c16-14-10-6-5-9-13(14)15(18)17-11-7-3-1-2-4-8-12-17/h1-12H. The lowest BCUT2D eigenvalue weighted by Gasteiger charge is -2.04. The molecular formula is C15H12ClNO. The highest BCUT2D eigenvalue weighted by Crippen LogP contribution is 2.15. The summed E-state index contributed by atoms with van der Waals surface area (Å²) in [7, 11) is 0. The molecule has 2 aromatic rings. The highest BCUT2D eigenvalue weighted by atomic mass is 35.5. The van der Waals surface area contributed by atoms with Crippen LogP contribution < -0.4 is 0 Å². The molecule has 0 bridgehead atoms. The number of hydrogen-bond donors (Lipinski definition) is 0. The summed E-state index contributed by atoms with van der Waals surface area (Å²) in [5.74, 6) is -0.156. The average molecular weight is 258 g/mol. The van der Waals surface area contributed by atoms with Crippen molar-refractivity contribution in [2.75, 3.05) is 0 Å². The van der Waals surface area contributed by atoms with Crippen LogP contribution in [0.25, 0.3) is 0 Å². The number of carbonyl (C=O) groups is 1. The van der Waals surface area contributed by atoms with E-state index in [4.69, 9.17) is 11.6 Å². The number of hydrogen-bond acceptors (Lipinski definition) is 1. The van der Waals surface area contributed by atoms with E-state index in [1.54, 1.807) is 48.8 Å². The molecule has 0 unspecified atom stereocenters. The molecule has 0 atom stereocenters. The maximum Gasteiger partial charge on any atom is 0.263 e. The van der Waals surface area contributed by atoms with Crippen LogP contribution in [-0.2, 0) is 0 Å². The molecule has 0 saturated heterocycles. The predicted molar refractivity (Wildman–Crippen MR) is 73.2 cm³/mol. The van der Waals surface area contributed by atoms with E-state index in [1.807, 2.05) is 24.3 Å². The van der Waals surface area contributed by atoms with Crippen molar-refractivity contribution in [2.45, 2.75) is 0 Å². The first kappa shape index (κ1) is 12.4. The quantitative estimate of drug-likeness (QED) is 0.758. The molecule has 0 aliphatic carbocycles. The highest BCUT2D eigenvalue weighted by Gasteiger charge is 2.09. The molecule has 18 heavy (non-hydrogen) atoms. The van der Waals surface area contributed by atoms with Gasteiger partial charge in [0.15, 0.2) is 0 Å². The summed E-state index contributed by atoms with van der Waals surface area (Å²) < 4.78 is 1.50. The molecule has 2 rings (SSSR count). The summed E-state index contributed by atoms with van der Waals surface area (Å²) in [5.41, 5.74) is 0.487. The zero-order chi connectivity index (χ0) is 12.8. The van der Waals surface area contributed by atoms with E-state index >= 15 is 0 Å². The van der Waals surface area contributed by atoms with E-state index < -0.39 is 0 Å². The van der Waals surface area contributed by atoms with Crippen LogP contribution >= 0.6 is 11.6 Å². The Hall–Kier alpha value is -2.06. The van der Waals surface area contributed by atoms with Crippen LogP contribution in [0.4, 0.5) is 0 Å². The third kappa shape index (κ3) is 2.99. The second kappa shape index (κ2) is 6.03. The zero-order valence-electron chi connectivity index (χ0n) is 9.66. The molecule has 1 aromatic heterocycles. The van der Waals surface area contributed by atoms with Crippen molar-refractivity contribution in [1.29, 1.82) is 0 Å². The lowest BCUT2D eigenvalue weighted by Crippen LogP contribution is -2.10. The van der Waals surface area contributed by atoms with E-state index in [0.717, 1.165) is 0 Å². The Morgan fingerprint density at radius 3 is 2.00 bits per heavy atom. The van der Waals surface area contributed by atoms with Crippen LogP contribution in [0.15, 0.2) is 73.1 Å². The maximum absolute atomic E-state index is 12.3. The monoisotopic (exact) mass is 257 g/mol. The molecule has 0 aliphatic heterocycles. The summed E-state index contributed by atoms with van der Waals surface area (Å²) in [4.78, 5) is 12.3. The van der Waals surface area contributed by atoms with Crippen molar-refractivity contribution in [2.24, 2.45) is 0 Å². The van der Waals surface area contributed by atoms with Gasteiger partial charge >= 0.3 is 0 Å². The number of halogens is 1. The molecular weight excluding hydrogens is 246 g/mol. The average Bonchev–Trinajstić information content (AvgIpc) is 2.52. The molecule has 0 radical (unpaired) electrons. The molecule has 0 fully saturated rings. The van der Waals surface area contributed by atoms with Gasteiger partial charge in [0, 0.05) is 12.4 Å². The van der Waals surface area contributed by atoms with E-state index in [-0.39, 0.29) is 5.91 Å². The molecule has 90 valence electrons. The van der Waals surface area contributed by atoms with Crippen molar-refractivity contribution in [3.63, 3.8) is 0 Å². The first-order valence-electron chi connectivity index (χ1n) is 5.54. The molecule has 0 N–H and O–H groups in total. The van der Waals surface area contributed by atoms with Gasteiger partial charge < -0.3 is 0 Å². The molecule has 0 aliphatic rings. The van der Waals surface area contributed by atoms with Gasteiger partial charge in [0.2, 0.25) is 0 Å². The molecule has 3 heteroatoms. The fraction of sp³-hybridized carbons (Fsp3) is 0. The minimum atomic E-state index is -0.156. The van der Waals surface area contributed by atoms with Crippen LogP contribution in [0.1, 0.15) is 10.4 Å². The van der Waals surface area contributed by atoms with Gasteiger partial charge in [-0.3, -0.25) is 9.36 Å². The summed E-state index contributed by atoms with van der Waals surface area (Å²) in [5, 5.41) is 0.454.